The maximum absolute atomic E-state index is 11.3. The Bertz CT molecular complexity index is 366. The third-order valence-electron chi connectivity index (χ3n) is 2.98. The molecule has 0 bridgehead atoms. The first-order chi connectivity index (χ1) is 7.15. The molecule has 0 saturated heterocycles. The van der Waals surface area contributed by atoms with Crippen LogP contribution in [-0.4, -0.2) is 13.1 Å². The third kappa shape index (κ3) is 1.92. The number of hydrogen-bond donors (Lipinski definition) is 1. The molecular weight excluding hydrogens is 210 g/mol. The van der Waals surface area contributed by atoms with Crippen molar-refractivity contribution in [3.8, 4) is 0 Å². The molecule has 1 aliphatic rings. The highest BCUT2D eigenvalue weighted by Gasteiger charge is 2.33. The molecule has 0 amide bonds. The van der Waals surface area contributed by atoms with Gasteiger partial charge in [0.2, 0.25) is 0 Å². The van der Waals surface area contributed by atoms with E-state index >= 15 is 0 Å². The van der Waals surface area contributed by atoms with Crippen LogP contribution in [0.15, 0.2) is 12.1 Å². The number of rotatable bonds is 2. The predicted molar refractivity (Wildman–Crippen MR) is 60.0 cm³/mol. The Hall–Kier alpha value is -0.870. The normalized spacial score (nSPS) is 19.1. The largest absolute Gasteiger partial charge is 0.465 e. The smallest absolute Gasteiger partial charge is 0.348 e. The summed E-state index contributed by atoms with van der Waals surface area (Å²) >= 11 is 1.46. The fourth-order valence-electron chi connectivity index (χ4n) is 2.07. The maximum Gasteiger partial charge on any atom is 0.348 e. The van der Waals surface area contributed by atoms with E-state index in [2.05, 4.69) is 4.74 Å². The van der Waals surface area contributed by atoms with Crippen LogP contribution < -0.4 is 5.73 Å². The van der Waals surface area contributed by atoms with Crippen molar-refractivity contribution in [3.05, 3.63) is 21.9 Å². The summed E-state index contributed by atoms with van der Waals surface area (Å²) in [5.74, 6) is -0.271. The number of ether oxygens (including phenoxy) is 1. The molecule has 0 spiro atoms. The Morgan fingerprint density at radius 3 is 2.73 bits per heavy atom. The summed E-state index contributed by atoms with van der Waals surface area (Å²) in [7, 11) is 1.40. The lowest BCUT2D eigenvalue weighted by Crippen LogP contribution is -2.31. The minimum absolute atomic E-state index is 0.197. The van der Waals surface area contributed by atoms with E-state index < -0.39 is 0 Å². The minimum Gasteiger partial charge on any atom is -0.465 e. The van der Waals surface area contributed by atoms with Crippen molar-refractivity contribution in [3.63, 3.8) is 0 Å². The van der Waals surface area contributed by atoms with E-state index in [1.807, 2.05) is 6.07 Å². The summed E-state index contributed by atoms with van der Waals surface area (Å²) in [4.78, 5) is 13.0. The van der Waals surface area contributed by atoms with Crippen molar-refractivity contribution in [2.75, 3.05) is 7.11 Å². The van der Waals surface area contributed by atoms with E-state index in [1.165, 1.54) is 31.3 Å². The molecule has 0 aromatic carbocycles. The number of carbonyl (C=O) groups excluding carboxylic acids is 1. The van der Waals surface area contributed by atoms with E-state index in [0.717, 1.165) is 17.7 Å². The van der Waals surface area contributed by atoms with Gasteiger partial charge in [-0.1, -0.05) is 12.8 Å². The van der Waals surface area contributed by atoms with Gasteiger partial charge in [-0.3, -0.25) is 0 Å². The molecule has 3 nitrogen and oxygen atoms in total. The zero-order chi connectivity index (χ0) is 10.9. The molecule has 2 N–H and O–H groups in total. The standard InChI is InChI=1S/C11H15NO2S/c1-14-10(13)8-4-5-9(15-8)11(12)6-2-3-7-11/h4-5H,2-3,6-7,12H2,1H3. The van der Waals surface area contributed by atoms with Crippen LogP contribution in [0.2, 0.25) is 0 Å². The lowest BCUT2D eigenvalue weighted by atomic mass is 9.97. The number of hydrogen-bond acceptors (Lipinski definition) is 4. The quantitative estimate of drug-likeness (QED) is 0.785. The van der Waals surface area contributed by atoms with Gasteiger partial charge in [-0.15, -0.1) is 11.3 Å². The second kappa shape index (κ2) is 3.94. The number of carbonyl (C=O) groups is 1. The van der Waals surface area contributed by atoms with Crippen LogP contribution >= 0.6 is 11.3 Å². The van der Waals surface area contributed by atoms with Gasteiger partial charge in [0.25, 0.3) is 0 Å². The summed E-state index contributed by atoms with van der Waals surface area (Å²) in [5, 5.41) is 0. The van der Waals surface area contributed by atoms with Gasteiger partial charge in [-0.05, 0) is 25.0 Å². The van der Waals surface area contributed by atoms with Crippen LogP contribution in [0.3, 0.4) is 0 Å². The van der Waals surface area contributed by atoms with E-state index in [0.29, 0.717) is 4.88 Å². The Kier molecular flexibility index (Phi) is 2.80. The van der Waals surface area contributed by atoms with Gasteiger partial charge < -0.3 is 10.5 Å². The lowest BCUT2D eigenvalue weighted by molar-refractivity contribution is 0.0606. The molecule has 4 heteroatoms. The number of methoxy groups -OCH3 is 1. The molecule has 1 aromatic rings. The molecule has 2 rings (SSSR count). The van der Waals surface area contributed by atoms with Gasteiger partial charge >= 0.3 is 5.97 Å². The Balaban J connectivity index is 2.23. The van der Waals surface area contributed by atoms with Crippen LogP contribution in [0.1, 0.15) is 40.2 Å². The van der Waals surface area contributed by atoms with Gasteiger partial charge in [0.15, 0.2) is 0 Å². The van der Waals surface area contributed by atoms with E-state index in [-0.39, 0.29) is 11.5 Å². The molecule has 1 heterocycles. The maximum atomic E-state index is 11.3. The molecule has 1 aromatic heterocycles. The molecule has 82 valence electrons. The van der Waals surface area contributed by atoms with Crippen LogP contribution in [0.4, 0.5) is 0 Å². The van der Waals surface area contributed by atoms with Gasteiger partial charge in [0.1, 0.15) is 4.88 Å². The molecule has 0 radical (unpaired) electrons. The third-order valence-corrected chi connectivity index (χ3v) is 4.26. The highest BCUT2D eigenvalue weighted by Crippen LogP contribution is 2.39. The molecular formula is C11H15NO2S. The van der Waals surface area contributed by atoms with Crippen LogP contribution in [0, 0.1) is 0 Å². The zero-order valence-corrected chi connectivity index (χ0v) is 9.60. The fraction of sp³-hybridized carbons (Fsp3) is 0.545. The van der Waals surface area contributed by atoms with Crippen LogP contribution in [-0.2, 0) is 10.3 Å². The van der Waals surface area contributed by atoms with Crippen molar-refractivity contribution >= 4 is 17.3 Å². The monoisotopic (exact) mass is 225 g/mol. The fourth-order valence-corrected chi connectivity index (χ4v) is 3.15. The van der Waals surface area contributed by atoms with E-state index in [1.54, 1.807) is 6.07 Å². The molecule has 15 heavy (non-hydrogen) atoms. The number of thiophene rings is 1. The molecule has 0 unspecified atom stereocenters. The van der Waals surface area contributed by atoms with Gasteiger partial charge in [0, 0.05) is 4.88 Å². The van der Waals surface area contributed by atoms with Crippen molar-refractivity contribution < 1.29 is 9.53 Å². The minimum atomic E-state index is -0.271. The van der Waals surface area contributed by atoms with E-state index in [9.17, 15) is 4.79 Å². The Morgan fingerprint density at radius 2 is 2.13 bits per heavy atom. The average molecular weight is 225 g/mol. The SMILES string of the molecule is COC(=O)c1ccc(C2(N)CCCC2)s1. The second-order valence-electron chi connectivity index (χ2n) is 4.02. The zero-order valence-electron chi connectivity index (χ0n) is 8.79. The molecule has 1 aliphatic carbocycles. The molecule has 0 aliphatic heterocycles. The van der Waals surface area contributed by atoms with Crippen molar-refractivity contribution in [2.45, 2.75) is 31.2 Å². The molecule has 1 fully saturated rings. The topological polar surface area (TPSA) is 52.3 Å². The van der Waals surface area contributed by atoms with Crippen LogP contribution in [0.5, 0.6) is 0 Å². The number of nitrogens with two attached hydrogens (primary N) is 1. The highest BCUT2D eigenvalue weighted by atomic mass is 32.1. The first kappa shape index (κ1) is 10.6. The summed E-state index contributed by atoms with van der Waals surface area (Å²) in [6.07, 6.45) is 4.41. The van der Waals surface area contributed by atoms with Crippen molar-refractivity contribution in [1.29, 1.82) is 0 Å². The number of esters is 1. The first-order valence-electron chi connectivity index (χ1n) is 5.13. The van der Waals surface area contributed by atoms with Crippen LogP contribution in [0.25, 0.3) is 0 Å². The van der Waals surface area contributed by atoms with E-state index in [4.69, 9.17) is 5.73 Å². The summed E-state index contributed by atoms with van der Waals surface area (Å²) in [6, 6.07) is 3.76. The van der Waals surface area contributed by atoms with Gasteiger partial charge in [-0.25, -0.2) is 4.79 Å². The predicted octanol–water partition coefficient (Wildman–Crippen LogP) is 2.26. The summed E-state index contributed by atoms with van der Waals surface area (Å²) < 4.78 is 4.68. The van der Waals surface area contributed by atoms with Crippen molar-refractivity contribution in [1.82, 2.24) is 0 Å². The lowest BCUT2D eigenvalue weighted by Gasteiger charge is -2.21. The molecule has 0 atom stereocenters. The Morgan fingerprint density at radius 1 is 1.47 bits per heavy atom. The van der Waals surface area contributed by atoms with Gasteiger partial charge in [-0.2, -0.15) is 0 Å². The second-order valence-corrected chi connectivity index (χ2v) is 5.10. The summed E-state index contributed by atoms with van der Waals surface area (Å²) in [6.45, 7) is 0. The summed E-state index contributed by atoms with van der Waals surface area (Å²) in [5.41, 5.74) is 6.10. The average Bonchev–Trinajstić information content (AvgIpc) is 2.85. The van der Waals surface area contributed by atoms with Gasteiger partial charge in [0.05, 0.1) is 12.6 Å². The van der Waals surface area contributed by atoms with Crippen molar-refractivity contribution in [2.24, 2.45) is 5.73 Å². The highest BCUT2D eigenvalue weighted by molar-refractivity contribution is 7.14. The molecule has 1 saturated carbocycles. The Labute approximate surface area is 93.2 Å². The first-order valence-corrected chi connectivity index (χ1v) is 5.95.